The number of nitrogens with one attached hydrogen (secondary N) is 1. The SMILES string of the molecule is CN(C)C(C)(C)CNc1cncc(Br)c1. The third-order valence-corrected chi connectivity index (χ3v) is 3.07. The van der Waals surface area contributed by atoms with Crippen LogP contribution in [0, 0.1) is 0 Å². The van der Waals surface area contributed by atoms with Crippen LogP contribution in [0.4, 0.5) is 5.69 Å². The first-order chi connectivity index (χ1) is 6.92. The van der Waals surface area contributed by atoms with Crippen LogP contribution in [0.3, 0.4) is 0 Å². The summed E-state index contributed by atoms with van der Waals surface area (Å²) in [7, 11) is 4.17. The van der Waals surface area contributed by atoms with Crippen molar-refractivity contribution in [1.82, 2.24) is 9.88 Å². The second kappa shape index (κ2) is 4.94. The highest BCUT2D eigenvalue weighted by Gasteiger charge is 2.19. The summed E-state index contributed by atoms with van der Waals surface area (Å²) in [5.41, 5.74) is 1.17. The Bertz CT molecular complexity index is 323. The minimum atomic E-state index is 0.127. The van der Waals surface area contributed by atoms with Crippen LogP contribution in [-0.4, -0.2) is 36.1 Å². The van der Waals surface area contributed by atoms with Crippen molar-refractivity contribution in [2.45, 2.75) is 19.4 Å². The molecule has 84 valence electrons. The molecule has 4 heteroatoms. The van der Waals surface area contributed by atoms with E-state index in [9.17, 15) is 0 Å². The van der Waals surface area contributed by atoms with Crippen LogP contribution >= 0.6 is 15.9 Å². The van der Waals surface area contributed by atoms with Crippen molar-refractivity contribution in [3.63, 3.8) is 0 Å². The Morgan fingerprint density at radius 1 is 1.40 bits per heavy atom. The molecule has 0 amide bonds. The smallest absolute Gasteiger partial charge is 0.0538 e. The molecule has 0 saturated heterocycles. The quantitative estimate of drug-likeness (QED) is 0.913. The molecular formula is C11H18BrN3. The first-order valence-electron chi connectivity index (χ1n) is 4.94. The molecule has 0 aliphatic heterocycles. The van der Waals surface area contributed by atoms with Gasteiger partial charge in [0.1, 0.15) is 0 Å². The Hall–Kier alpha value is -0.610. The Labute approximate surface area is 100 Å². The fourth-order valence-corrected chi connectivity index (χ4v) is 1.35. The Kier molecular flexibility index (Phi) is 4.11. The summed E-state index contributed by atoms with van der Waals surface area (Å²) >= 11 is 3.40. The van der Waals surface area contributed by atoms with E-state index in [1.807, 2.05) is 12.3 Å². The summed E-state index contributed by atoms with van der Waals surface area (Å²) in [4.78, 5) is 6.31. The molecule has 1 aromatic rings. The second-order valence-electron chi connectivity index (χ2n) is 4.45. The van der Waals surface area contributed by atoms with E-state index < -0.39 is 0 Å². The van der Waals surface area contributed by atoms with E-state index in [0.717, 1.165) is 16.7 Å². The number of pyridine rings is 1. The summed E-state index contributed by atoms with van der Waals surface area (Å²) < 4.78 is 0.996. The van der Waals surface area contributed by atoms with E-state index in [1.54, 1.807) is 6.20 Å². The van der Waals surface area contributed by atoms with E-state index in [0.29, 0.717) is 0 Å². The van der Waals surface area contributed by atoms with Crippen molar-refractivity contribution in [2.24, 2.45) is 0 Å². The maximum absolute atomic E-state index is 4.11. The third kappa shape index (κ3) is 3.80. The van der Waals surface area contributed by atoms with Gasteiger partial charge < -0.3 is 10.2 Å². The minimum absolute atomic E-state index is 0.127. The zero-order chi connectivity index (χ0) is 11.5. The summed E-state index contributed by atoms with van der Waals surface area (Å²) in [5, 5.41) is 3.37. The number of hydrogen-bond donors (Lipinski definition) is 1. The number of anilines is 1. The number of halogens is 1. The van der Waals surface area contributed by atoms with Gasteiger partial charge in [-0.25, -0.2) is 0 Å². The molecule has 0 aliphatic rings. The van der Waals surface area contributed by atoms with Crippen LogP contribution in [0.25, 0.3) is 0 Å². The van der Waals surface area contributed by atoms with Gasteiger partial charge in [-0.3, -0.25) is 4.98 Å². The largest absolute Gasteiger partial charge is 0.382 e. The number of nitrogens with zero attached hydrogens (tertiary/aromatic N) is 2. The molecule has 0 radical (unpaired) electrons. The van der Waals surface area contributed by atoms with Crippen molar-refractivity contribution in [3.8, 4) is 0 Å². The monoisotopic (exact) mass is 271 g/mol. The molecule has 0 saturated carbocycles. The maximum atomic E-state index is 4.11. The molecule has 0 aromatic carbocycles. The Balaban J connectivity index is 2.57. The molecule has 0 atom stereocenters. The van der Waals surface area contributed by atoms with Gasteiger partial charge >= 0.3 is 0 Å². The van der Waals surface area contributed by atoms with E-state index >= 15 is 0 Å². The van der Waals surface area contributed by atoms with Gasteiger partial charge in [0.05, 0.1) is 11.9 Å². The van der Waals surface area contributed by atoms with Crippen molar-refractivity contribution in [2.75, 3.05) is 26.0 Å². The van der Waals surface area contributed by atoms with Crippen LogP contribution in [0.1, 0.15) is 13.8 Å². The van der Waals surface area contributed by atoms with Gasteiger partial charge in [0, 0.05) is 22.8 Å². The molecule has 0 fully saturated rings. The van der Waals surface area contributed by atoms with Crippen molar-refractivity contribution >= 4 is 21.6 Å². The lowest BCUT2D eigenvalue weighted by Crippen LogP contribution is -2.44. The molecule has 15 heavy (non-hydrogen) atoms. The van der Waals surface area contributed by atoms with Gasteiger partial charge in [-0.15, -0.1) is 0 Å². The zero-order valence-electron chi connectivity index (χ0n) is 9.71. The third-order valence-electron chi connectivity index (χ3n) is 2.64. The predicted molar refractivity (Wildman–Crippen MR) is 68.2 cm³/mol. The normalized spacial score (nSPS) is 11.9. The van der Waals surface area contributed by atoms with Crippen LogP contribution in [0.2, 0.25) is 0 Å². The molecule has 0 aliphatic carbocycles. The molecule has 1 heterocycles. The molecule has 1 aromatic heterocycles. The van der Waals surface area contributed by atoms with Crippen LogP contribution in [-0.2, 0) is 0 Å². The summed E-state index contributed by atoms with van der Waals surface area (Å²) in [5.74, 6) is 0. The summed E-state index contributed by atoms with van der Waals surface area (Å²) in [6.45, 7) is 5.29. The maximum Gasteiger partial charge on any atom is 0.0538 e. The topological polar surface area (TPSA) is 28.2 Å². The predicted octanol–water partition coefficient (Wildman–Crippen LogP) is 2.60. The van der Waals surface area contributed by atoms with E-state index in [4.69, 9.17) is 0 Å². The zero-order valence-corrected chi connectivity index (χ0v) is 11.3. The standard InChI is InChI=1S/C11H18BrN3/c1-11(2,15(3)4)8-14-10-5-9(12)6-13-7-10/h5-7,14H,8H2,1-4H3. The summed E-state index contributed by atoms with van der Waals surface area (Å²) in [6.07, 6.45) is 3.61. The van der Waals surface area contributed by atoms with Crippen LogP contribution in [0.15, 0.2) is 22.9 Å². The van der Waals surface area contributed by atoms with Crippen LogP contribution in [0.5, 0.6) is 0 Å². The minimum Gasteiger partial charge on any atom is -0.382 e. The average molecular weight is 272 g/mol. The van der Waals surface area contributed by atoms with E-state index in [-0.39, 0.29) is 5.54 Å². The molecule has 0 bridgehead atoms. The lowest BCUT2D eigenvalue weighted by molar-refractivity contribution is 0.210. The summed E-state index contributed by atoms with van der Waals surface area (Å²) in [6, 6.07) is 2.03. The van der Waals surface area contributed by atoms with Gasteiger partial charge in [0.15, 0.2) is 0 Å². The van der Waals surface area contributed by atoms with Crippen molar-refractivity contribution in [1.29, 1.82) is 0 Å². The fourth-order valence-electron chi connectivity index (χ4n) is 0.985. The van der Waals surface area contributed by atoms with Gasteiger partial charge in [0.2, 0.25) is 0 Å². The molecule has 1 rings (SSSR count). The van der Waals surface area contributed by atoms with Crippen molar-refractivity contribution in [3.05, 3.63) is 22.9 Å². The van der Waals surface area contributed by atoms with Gasteiger partial charge in [-0.1, -0.05) is 0 Å². The fraction of sp³-hybridized carbons (Fsp3) is 0.545. The van der Waals surface area contributed by atoms with Crippen molar-refractivity contribution < 1.29 is 0 Å². The molecular weight excluding hydrogens is 254 g/mol. The highest BCUT2D eigenvalue weighted by molar-refractivity contribution is 9.10. The van der Waals surface area contributed by atoms with Gasteiger partial charge in [0.25, 0.3) is 0 Å². The van der Waals surface area contributed by atoms with E-state index in [1.165, 1.54) is 0 Å². The second-order valence-corrected chi connectivity index (χ2v) is 5.37. The lowest BCUT2D eigenvalue weighted by atomic mass is 10.0. The van der Waals surface area contributed by atoms with E-state index in [2.05, 4.69) is 59.1 Å². The average Bonchev–Trinajstić information content (AvgIpc) is 2.15. The molecule has 1 N–H and O–H groups in total. The highest BCUT2D eigenvalue weighted by atomic mass is 79.9. The molecule has 3 nitrogen and oxygen atoms in total. The number of likely N-dealkylation sites (N-methyl/N-ethyl adjacent to an activating group) is 1. The number of aromatic nitrogens is 1. The first kappa shape index (κ1) is 12.5. The van der Waals surface area contributed by atoms with Crippen LogP contribution < -0.4 is 5.32 Å². The first-order valence-corrected chi connectivity index (χ1v) is 5.73. The lowest BCUT2D eigenvalue weighted by Gasteiger charge is -2.33. The van der Waals surface area contributed by atoms with Gasteiger partial charge in [-0.05, 0) is 49.9 Å². The van der Waals surface area contributed by atoms with Gasteiger partial charge in [-0.2, -0.15) is 0 Å². The molecule has 0 spiro atoms. The number of rotatable bonds is 4. The Morgan fingerprint density at radius 2 is 2.07 bits per heavy atom. The Morgan fingerprint density at radius 3 is 2.60 bits per heavy atom. The molecule has 0 unspecified atom stereocenters. The highest BCUT2D eigenvalue weighted by Crippen LogP contribution is 2.16. The number of hydrogen-bond acceptors (Lipinski definition) is 3.